The molecule has 0 N–H and O–H groups in total. The molecule has 1 nitrogen and oxygen atoms in total. The van der Waals surface area contributed by atoms with Crippen LogP contribution in [0.4, 0.5) is 0 Å². The zero-order chi connectivity index (χ0) is 46.1. The topological polar surface area (TPSA) is 17.1 Å². The second-order valence-corrected chi connectivity index (χ2v) is 32.9. The fourth-order valence-electron chi connectivity index (χ4n) is 13.8. The van der Waals surface area contributed by atoms with Gasteiger partial charge in [-0.05, 0) is 161 Å². The molecule has 0 atom stereocenters. The summed E-state index contributed by atoms with van der Waals surface area (Å²) >= 11 is 0. The van der Waals surface area contributed by atoms with E-state index in [1.807, 2.05) is 0 Å². The molecule has 0 aliphatic carbocycles. The lowest BCUT2D eigenvalue weighted by Gasteiger charge is -2.48. The Morgan fingerprint density at radius 1 is 0.369 bits per heavy atom. The zero-order valence-corrected chi connectivity index (χ0v) is 42.9. The van der Waals surface area contributed by atoms with Crippen LogP contribution in [0.5, 0.6) is 0 Å². The molecule has 0 saturated heterocycles. The number of ketones is 1. The number of fused-ring (bicyclic) bond motifs is 6. The summed E-state index contributed by atoms with van der Waals surface area (Å²) in [6.45, 7) is 30.0. The second-order valence-electron chi connectivity index (χ2n) is 21.3. The van der Waals surface area contributed by atoms with Crippen LogP contribution in [0.3, 0.4) is 0 Å². The van der Waals surface area contributed by atoms with Crippen LogP contribution in [-0.2, 0) is 6.42 Å². The van der Waals surface area contributed by atoms with Crippen LogP contribution in [0.15, 0.2) is 146 Å². The molecule has 0 saturated carbocycles. The lowest BCUT2D eigenvalue weighted by Crippen LogP contribution is -2.59. The number of hydrogen-bond acceptors (Lipinski definition) is 1. The second kappa shape index (κ2) is 17.1. The van der Waals surface area contributed by atoms with Gasteiger partial charge in [0.05, 0.1) is 16.1 Å². The monoisotopic (exact) mass is 884 g/mol. The Morgan fingerprint density at radius 3 is 1.32 bits per heavy atom. The van der Waals surface area contributed by atoms with E-state index in [2.05, 4.69) is 229 Å². The van der Waals surface area contributed by atoms with Gasteiger partial charge in [0.1, 0.15) is 0 Å². The quantitative estimate of drug-likeness (QED) is 0.0679. The van der Waals surface area contributed by atoms with Gasteiger partial charge in [-0.2, -0.15) is 0 Å². The molecule has 9 aromatic carbocycles. The van der Waals surface area contributed by atoms with E-state index in [0.717, 1.165) is 11.1 Å². The summed E-state index contributed by atoms with van der Waals surface area (Å²) in [5.74, 6) is 0.215. The molecule has 0 spiro atoms. The van der Waals surface area contributed by atoms with Crippen molar-refractivity contribution < 1.29 is 4.79 Å². The first-order valence-corrected chi connectivity index (χ1v) is 29.0. The standard InChI is InChI=1S/C62H68OSi2/c1-38(2)64(39(3)4,40(5)6)61-57-23-17-22-56(59(63)31-44-24-25-50-32-45-18-13-15-20-47(45)34-53(50)30-44)60(57)62(65(41(7)8,42(9)10)43(11)12)55-29-28-52(37-58(55)61)49-26-27-51-33-46-19-14-16-21-48(46)35-54(51)36-49/h13-30,32-43H,31H2,1-12H3. The molecule has 0 fully saturated rings. The van der Waals surface area contributed by atoms with Crippen LogP contribution in [0.25, 0.3) is 75.8 Å². The lowest BCUT2D eigenvalue weighted by molar-refractivity contribution is 0.0994. The van der Waals surface area contributed by atoms with Gasteiger partial charge in [0.25, 0.3) is 0 Å². The highest BCUT2D eigenvalue weighted by molar-refractivity contribution is 7.01. The van der Waals surface area contributed by atoms with Crippen molar-refractivity contribution in [1.29, 1.82) is 0 Å². The molecule has 330 valence electrons. The van der Waals surface area contributed by atoms with Crippen molar-refractivity contribution in [2.45, 2.75) is 123 Å². The molecule has 0 aromatic heterocycles. The Balaban J connectivity index is 1.37. The first kappa shape index (κ1) is 44.8. The minimum atomic E-state index is -2.42. The maximum absolute atomic E-state index is 15.5. The van der Waals surface area contributed by atoms with Gasteiger partial charge in [0, 0.05) is 12.0 Å². The van der Waals surface area contributed by atoms with E-state index >= 15 is 4.79 Å². The molecular formula is C62H68OSi2. The Bertz CT molecular complexity index is 3250. The lowest BCUT2D eigenvalue weighted by atomic mass is 9.92. The zero-order valence-electron chi connectivity index (χ0n) is 40.9. The minimum absolute atomic E-state index is 0.215. The average Bonchev–Trinajstić information content (AvgIpc) is 3.27. The molecular weight excluding hydrogens is 817 g/mol. The van der Waals surface area contributed by atoms with Crippen molar-refractivity contribution in [2.75, 3.05) is 0 Å². The van der Waals surface area contributed by atoms with E-state index in [0.29, 0.717) is 39.7 Å². The van der Waals surface area contributed by atoms with Gasteiger partial charge in [-0.1, -0.05) is 192 Å². The van der Waals surface area contributed by atoms with Gasteiger partial charge in [-0.3, -0.25) is 4.79 Å². The van der Waals surface area contributed by atoms with Crippen molar-refractivity contribution in [3.63, 3.8) is 0 Å². The molecule has 0 bridgehead atoms. The minimum Gasteiger partial charge on any atom is -0.294 e. The van der Waals surface area contributed by atoms with Crippen molar-refractivity contribution in [3.8, 4) is 11.1 Å². The summed E-state index contributed by atoms with van der Waals surface area (Å²) in [6, 6.07) is 54.6. The molecule has 0 aliphatic rings. The fourth-order valence-corrected chi connectivity index (χ4v) is 28.0. The number of rotatable bonds is 12. The average molecular weight is 885 g/mol. The van der Waals surface area contributed by atoms with Gasteiger partial charge < -0.3 is 0 Å². The molecule has 0 unspecified atom stereocenters. The largest absolute Gasteiger partial charge is 0.294 e. The van der Waals surface area contributed by atoms with Crippen molar-refractivity contribution in [3.05, 3.63) is 157 Å². The van der Waals surface area contributed by atoms with Crippen LogP contribution in [-0.4, -0.2) is 21.9 Å². The van der Waals surface area contributed by atoms with Crippen molar-refractivity contribution >= 4 is 96.9 Å². The smallest absolute Gasteiger partial charge is 0.167 e. The normalized spacial score (nSPS) is 13.0. The van der Waals surface area contributed by atoms with Crippen molar-refractivity contribution in [1.82, 2.24) is 0 Å². The van der Waals surface area contributed by atoms with E-state index in [-0.39, 0.29) is 5.78 Å². The van der Waals surface area contributed by atoms with Crippen LogP contribution in [0, 0.1) is 0 Å². The van der Waals surface area contributed by atoms with E-state index in [9.17, 15) is 0 Å². The summed E-state index contributed by atoms with van der Waals surface area (Å²) in [5, 5.41) is 18.4. The maximum atomic E-state index is 15.5. The van der Waals surface area contributed by atoms with Crippen LogP contribution >= 0.6 is 0 Å². The van der Waals surface area contributed by atoms with Gasteiger partial charge in [0.2, 0.25) is 0 Å². The highest BCUT2D eigenvalue weighted by Gasteiger charge is 2.50. The maximum Gasteiger partial charge on any atom is 0.167 e. The highest BCUT2D eigenvalue weighted by Crippen LogP contribution is 2.48. The number of carbonyl (C=O) groups excluding carboxylic acids is 1. The number of benzene rings is 9. The molecule has 0 radical (unpaired) electrons. The SMILES string of the molecule is CC(C)[Si](c1c2cc(-c3ccc4cc5ccccc5cc4c3)ccc2c([Si](C(C)C)(C(C)C)C(C)C)c2c(C(=O)Cc3ccc4cc5ccccc5cc4c3)cccc12)(C(C)C)C(C)C. The first-order chi connectivity index (χ1) is 31.1. The van der Waals surface area contributed by atoms with Crippen LogP contribution < -0.4 is 10.4 Å². The predicted molar refractivity (Wildman–Crippen MR) is 293 cm³/mol. The van der Waals surface area contributed by atoms with Crippen LogP contribution in [0.1, 0.15) is 99.0 Å². The van der Waals surface area contributed by atoms with Gasteiger partial charge in [0.15, 0.2) is 5.78 Å². The number of Topliss-reactive ketones (excluding diaryl/α,β-unsaturated/α-hetero) is 1. The Hall–Kier alpha value is -5.36. The molecule has 0 amide bonds. The molecule has 0 heterocycles. The van der Waals surface area contributed by atoms with Gasteiger partial charge in [-0.25, -0.2) is 0 Å². The van der Waals surface area contributed by atoms with Gasteiger partial charge in [-0.15, -0.1) is 0 Å². The molecule has 9 aromatic rings. The van der Waals surface area contributed by atoms with E-state index in [1.54, 1.807) is 5.19 Å². The van der Waals surface area contributed by atoms with Crippen molar-refractivity contribution in [2.24, 2.45) is 0 Å². The van der Waals surface area contributed by atoms with Gasteiger partial charge >= 0.3 is 0 Å². The summed E-state index contributed by atoms with van der Waals surface area (Å²) in [7, 11) is -4.80. The summed E-state index contributed by atoms with van der Waals surface area (Å²) < 4.78 is 0. The fraction of sp³-hybridized carbons (Fsp3) is 0.306. The first-order valence-electron chi connectivity index (χ1n) is 24.5. The third kappa shape index (κ3) is 7.20. The predicted octanol–water partition coefficient (Wildman–Crippen LogP) is 17.5. The van der Waals surface area contributed by atoms with E-state index in [1.165, 1.54) is 80.9 Å². The highest BCUT2D eigenvalue weighted by atomic mass is 28.3. The summed E-state index contributed by atoms with van der Waals surface area (Å²) in [4.78, 5) is 15.5. The number of carbonyl (C=O) groups is 1. The Labute approximate surface area is 390 Å². The molecule has 0 aliphatic heterocycles. The molecule has 3 heteroatoms. The van der Waals surface area contributed by atoms with E-state index < -0.39 is 16.1 Å². The number of hydrogen-bond donors (Lipinski definition) is 0. The Kier molecular flexibility index (Phi) is 11.8. The third-order valence-electron chi connectivity index (χ3n) is 16.2. The van der Waals surface area contributed by atoms with Crippen LogP contribution in [0.2, 0.25) is 33.2 Å². The third-order valence-corrected chi connectivity index (χ3v) is 30.5. The van der Waals surface area contributed by atoms with E-state index in [4.69, 9.17) is 0 Å². The summed E-state index contributed by atoms with van der Waals surface area (Å²) in [6.07, 6.45) is 0.367. The summed E-state index contributed by atoms with van der Waals surface area (Å²) in [5.41, 5.74) is 7.29. The Morgan fingerprint density at radius 2 is 0.800 bits per heavy atom. The molecule has 65 heavy (non-hydrogen) atoms. The molecule has 9 rings (SSSR count).